The molecule has 8 heteroatoms. The lowest BCUT2D eigenvalue weighted by molar-refractivity contribution is -0.119. The second kappa shape index (κ2) is 12.8. The van der Waals surface area contributed by atoms with Crippen molar-refractivity contribution in [2.45, 2.75) is 6.10 Å². The molecule has 2 aromatic rings. The lowest BCUT2D eigenvalue weighted by Crippen LogP contribution is -2.33. The van der Waals surface area contributed by atoms with Gasteiger partial charge in [0.1, 0.15) is 25.1 Å². The molecule has 0 saturated heterocycles. The minimum absolute atomic E-state index is 0. The number of rotatable bonds is 12. The van der Waals surface area contributed by atoms with Crippen molar-refractivity contribution in [2.24, 2.45) is 5.73 Å². The van der Waals surface area contributed by atoms with Crippen LogP contribution in [-0.4, -0.2) is 50.0 Å². The monoisotopic (exact) mass is 396 g/mol. The molecule has 0 heterocycles. The second-order valence-corrected chi connectivity index (χ2v) is 5.53. The van der Waals surface area contributed by atoms with Gasteiger partial charge >= 0.3 is 0 Å². The number of hydrogen-bond donors (Lipinski definition) is 3. The van der Waals surface area contributed by atoms with Gasteiger partial charge in [0.25, 0.3) is 5.91 Å². The molecule has 0 spiro atoms. The fourth-order valence-corrected chi connectivity index (χ4v) is 2.11. The molecule has 7 nitrogen and oxygen atoms in total. The smallest absolute Gasteiger partial charge is 0.255 e. The van der Waals surface area contributed by atoms with Crippen LogP contribution < -0.4 is 25.3 Å². The Morgan fingerprint density at radius 2 is 1.63 bits per heavy atom. The van der Waals surface area contributed by atoms with Crippen LogP contribution in [0.15, 0.2) is 54.6 Å². The third-order valence-electron chi connectivity index (χ3n) is 3.32. The van der Waals surface area contributed by atoms with E-state index in [4.69, 9.17) is 19.9 Å². The Morgan fingerprint density at radius 3 is 2.30 bits per heavy atom. The standard InChI is InChI=1S/C19H24N2O5.ClH/c20-19(23)14-26-18-9-5-4-8-17(18)24-11-10-21-12-15(22)13-25-16-6-2-1-3-7-16;/h1-9,15,21-22H,10-14H2,(H2,20,23);1H. The van der Waals surface area contributed by atoms with E-state index in [1.165, 1.54) is 0 Å². The Bertz CT molecular complexity index is 672. The highest BCUT2D eigenvalue weighted by Crippen LogP contribution is 2.26. The largest absolute Gasteiger partial charge is 0.491 e. The zero-order chi connectivity index (χ0) is 18.6. The number of carbonyl (C=O) groups excluding carboxylic acids is 1. The average Bonchev–Trinajstić information content (AvgIpc) is 2.66. The first-order valence-corrected chi connectivity index (χ1v) is 8.34. The topological polar surface area (TPSA) is 103 Å². The maximum absolute atomic E-state index is 10.8. The zero-order valence-electron chi connectivity index (χ0n) is 14.9. The Kier molecular flexibility index (Phi) is 10.7. The van der Waals surface area contributed by atoms with Crippen molar-refractivity contribution in [1.29, 1.82) is 0 Å². The zero-order valence-corrected chi connectivity index (χ0v) is 15.7. The lowest BCUT2D eigenvalue weighted by Gasteiger charge is -2.14. The minimum atomic E-state index is -0.624. The molecule has 1 amide bonds. The number of hydrogen-bond acceptors (Lipinski definition) is 6. The number of primary amides is 1. The summed E-state index contributed by atoms with van der Waals surface area (Å²) in [5, 5.41) is 13.0. The first-order chi connectivity index (χ1) is 12.6. The highest BCUT2D eigenvalue weighted by atomic mass is 35.5. The summed E-state index contributed by atoms with van der Waals surface area (Å²) in [6.07, 6.45) is -0.624. The molecular formula is C19H25ClN2O5. The van der Waals surface area contributed by atoms with Crippen molar-refractivity contribution in [3.63, 3.8) is 0 Å². The molecule has 4 N–H and O–H groups in total. The molecule has 0 aromatic heterocycles. The molecule has 0 bridgehead atoms. The highest BCUT2D eigenvalue weighted by molar-refractivity contribution is 5.85. The van der Waals surface area contributed by atoms with Gasteiger partial charge in [-0.25, -0.2) is 0 Å². The number of ether oxygens (including phenoxy) is 3. The second-order valence-electron chi connectivity index (χ2n) is 5.53. The Morgan fingerprint density at radius 1 is 1.00 bits per heavy atom. The third kappa shape index (κ3) is 9.14. The van der Waals surface area contributed by atoms with Gasteiger partial charge < -0.3 is 30.4 Å². The molecule has 27 heavy (non-hydrogen) atoms. The third-order valence-corrected chi connectivity index (χ3v) is 3.32. The summed E-state index contributed by atoms with van der Waals surface area (Å²) in [7, 11) is 0. The van der Waals surface area contributed by atoms with Crippen molar-refractivity contribution in [3.05, 3.63) is 54.6 Å². The Balaban J connectivity index is 0.00000364. The van der Waals surface area contributed by atoms with Gasteiger partial charge in [-0.05, 0) is 24.3 Å². The average molecular weight is 397 g/mol. The molecule has 1 unspecified atom stereocenters. The van der Waals surface area contributed by atoms with Crippen LogP contribution in [0.4, 0.5) is 0 Å². The lowest BCUT2D eigenvalue weighted by atomic mass is 10.3. The molecular weight excluding hydrogens is 372 g/mol. The van der Waals surface area contributed by atoms with E-state index in [1.807, 2.05) is 36.4 Å². The number of benzene rings is 2. The summed E-state index contributed by atoms with van der Waals surface area (Å²) in [6, 6.07) is 16.4. The summed E-state index contributed by atoms with van der Waals surface area (Å²) in [4.78, 5) is 10.8. The molecule has 0 aliphatic rings. The van der Waals surface area contributed by atoms with E-state index >= 15 is 0 Å². The van der Waals surface area contributed by atoms with Crippen LogP contribution in [-0.2, 0) is 4.79 Å². The molecule has 2 rings (SSSR count). The summed E-state index contributed by atoms with van der Waals surface area (Å²) >= 11 is 0. The molecule has 2 aromatic carbocycles. The number of aliphatic hydroxyl groups excluding tert-OH is 1. The van der Waals surface area contributed by atoms with Crippen LogP contribution in [0.2, 0.25) is 0 Å². The van der Waals surface area contributed by atoms with Gasteiger partial charge in [0.15, 0.2) is 18.1 Å². The molecule has 148 valence electrons. The number of nitrogens with one attached hydrogen (secondary N) is 1. The number of aliphatic hydroxyl groups is 1. The summed E-state index contributed by atoms with van der Waals surface area (Å²) < 4.78 is 16.4. The number of nitrogens with two attached hydrogens (primary N) is 1. The SMILES string of the molecule is Cl.NC(=O)COc1ccccc1OCCNCC(O)COc1ccccc1. The fourth-order valence-electron chi connectivity index (χ4n) is 2.11. The number of carbonyl (C=O) groups is 1. The fraction of sp³-hybridized carbons (Fsp3) is 0.316. The van der Waals surface area contributed by atoms with Crippen LogP contribution >= 0.6 is 12.4 Å². The number of para-hydroxylation sites is 3. The molecule has 1 atom stereocenters. The van der Waals surface area contributed by atoms with Gasteiger partial charge in [-0.3, -0.25) is 4.79 Å². The van der Waals surface area contributed by atoms with E-state index in [-0.39, 0.29) is 25.6 Å². The Hall–Kier alpha value is -2.48. The summed E-state index contributed by atoms with van der Waals surface area (Å²) in [5.41, 5.74) is 5.07. The molecule has 0 fully saturated rings. The first kappa shape index (κ1) is 22.6. The van der Waals surface area contributed by atoms with Crippen LogP contribution in [0.3, 0.4) is 0 Å². The van der Waals surface area contributed by atoms with Gasteiger partial charge in [-0.2, -0.15) is 0 Å². The maximum atomic E-state index is 10.8. The normalized spacial score (nSPS) is 11.1. The van der Waals surface area contributed by atoms with E-state index in [0.717, 1.165) is 5.75 Å². The van der Waals surface area contributed by atoms with Gasteiger partial charge in [0, 0.05) is 13.1 Å². The number of halogens is 1. The predicted octanol–water partition coefficient (Wildman–Crippen LogP) is 1.38. The van der Waals surface area contributed by atoms with Crippen molar-refractivity contribution < 1.29 is 24.1 Å². The highest BCUT2D eigenvalue weighted by Gasteiger charge is 2.07. The van der Waals surface area contributed by atoms with Gasteiger partial charge in [0.05, 0.1) is 0 Å². The van der Waals surface area contributed by atoms with E-state index < -0.39 is 12.0 Å². The van der Waals surface area contributed by atoms with Crippen LogP contribution in [0.1, 0.15) is 0 Å². The summed E-state index contributed by atoms with van der Waals surface area (Å²) in [5.74, 6) is 1.17. The predicted molar refractivity (Wildman–Crippen MR) is 105 cm³/mol. The molecule has 0 radical (unpaired) electrons. The van der Waals surface area contributed by atoms with E-state index in [1.54, 1.807) is 18.2 Å². The first-order valence-electron chi connectivity index (χ1n) is 8.34. The van der Waals surface area contributed by atoms with Crippen LogP contribution in [0.25, 0.3) is 0 Å². The number of amides is 1. The van der Waals surface area contributed by atoms with E-state index in [0.29, 0.717) is 31.2 Å². The maximum Gasteiger partial charge on any atom is 0.255 e. The van der Waals surface area contributed by atoms with Gasteiger partial charge in [0.2, 0.25) is 0 Å². The van der Waals surface area contributed by atoms with Crippen molar-refractivity contribution in [3.8, 4) is 17.2 Å². The molecule has 0 aliphatic heterocycles. The van der Waals surface area contributed by atoms with Crippen molar-refractivity contribution in [2.75, 3.05) is 32.9 Å². The van der Waals surface area contributed by atoms with Crippen molar-refractivity contribution in [1.82, 2.24) is 5.32 Å². The quantitative estimate of drug-likeness (QED) is 0.468. The van der Waals surface area contributed by atoms with E-state index in [9.17, 15) is 9.90 Å². The Labute approximate surface area is 164 Å². The molecule has 0 saturated carbocycles. The van der Waals surface area contributed by atoms with Gasteiger partial charge in [-0.15, -0.1) is 12.4 Å². The van der Waals surface area contributed by atoms with E-state index in [2.05, 4.69) is 5.32 Å². The summed E-state index contributed by atoms with van der Waals surface area (Å²) in [6.45, 7) is 1.31. The minimum Gasteiger partial charge on any atom is -0.491 e. The molecule has 0 aliphatic carbocycles. The van der Waals surface area contributed by atoms with Crippen molar-refractivity contribution >= 4 is 18.3 Å². The van der Waals surface area contributed by atoms with Crippen LogP contribution in [0.5, 0.6) is 17.2 Å². The van der Waals surface area contributed by atoms with Crippen LogP contribution in [0, 0.1) is 0 Å². The van der Waals surface area contributed by atoms with Gasteiger partial charge in [-0.1, -0.05) is 30.3 Å².